The van der Waals surface area contributed by atoms with E-state index >= 15 is 0 Å². The van der Waals surface area contributed by atoms with Crippen LogP contribution in [0.5, 0.6) is 0 Å². The molecule has 0 saturated carbocycles. The van der Waals surface area contributed by atoms with Gasteiger partial charge in [-0.15, -0.1) is 0 Å². The molecule has 0 aromatic heterocycles. The molecule has 0 unspecified atom stereocenters. The molecule has 0 fully saturated rings. The van der Waals surface area contributed by atoms with Gasteiger partial charge in [0.15, 0.2) is 0 Å². The molecule has 0 heterocycles. The zero-order valence-corrected chi connectivity index (χ0v) is 9.45. The monoisotopic (exact) mass is 312 g/mol. The quantitative estimate of drug-likeness (QED) is 0.783. The van der Waals surface area contributed by atoms with Crippen LogP contribution in [0, 0.1) is 0 Å². The summed E-state index contributed by atoms with van der Waals surface area (Å²) in [5, 5.41) is 8.30. The third-order valence-corrected chi connectivity index (χ3v) is 5.98. The van der Waals surface area contributed by atoms with Crippen LogP contribution in [0.3, 0.4) is 0 Å². The van der Waals surface area contributed by atoms with Gasteiger partial charge in [0.05, 0.1) is 0 Å². The van der Waals surface area contributed by atoms with Gasteiger partial charge in [-0.1, -0.05) is 0 Å². The molecular weight excluding hydrogens is 299 g/mol. The summed E-state index contributed by atoms with van der Waals surface area (Å²) in [4.78, 5) is 10.1. The molecule has 8 heavy (non-hydrogen) atoms. The van der Waals surface area contributed by atoms with E-state index in [4.69, 9.17) is 5.11 Å². The van der Waals surface area contributed by atoms with Crippen LogP contribution in [0.15, 0.2) is 0 Å². The molecule has 0 amide bonds. The third-order valence-electron chi connectivity index (χ3n) is 0.682. The van der Waals surface area contributed by atoms with Crippen LogP contribution in [0.2, 0.25) is 17.4 Å². The molecule has 0 aliphatic rings. The Bertz CT molecular complexity index is 93.1. The minimum absolute atomic E-state index is 0.465. The van der Waals surface area contributed by atoms with Crippen LogP contribution in [-0.4, -0.2) is 32.2 Å². The van der Waals surface area contributed by atoms with Crippen molar-refractivity contribution in [3.05, 3.63) is 0 Å². The first-order valence-electron chi connectivity index (χ1n) is 2.63. The second-order valence-corrected chi connectivity index (χ2v) is 24.4. The van der Waals surface area contributed by atoms with Gasteiger partial charge < -0.3 is 0 Å². The Balaban J connectivity index is 3.55. The standard InChI is InChI=1S/C2H3O2.3CH3.Pb/c1-2(3)4;;;;/h1H2,(H,3,4);3*1H3;. The molecule has 0 aromatic rings. The predicted octanol–water partition coefficient (Wildman–Crippen LogP) is 1.41. The molecule has 1 N–H and O–H groups in total. The summed E-state index contributed by atoms with van der Waals surface area (Å²) in [6, 6.07) is 0. The van der Waals surface area contributed by atoms with Crippen LogP contribution >= 0.6 is 0 Å². The van der Waals surface area contributed by atoms with Gasteiger partial charge in [0.2, 0.25) is 0 Å². The van der Waals surface area contributed by atoms with E-state index in [1.165, 1.54) is 0 Å². The average Bonchev–Trinajstić information content (AvgIpc) is 1.21. The molecule has 0 atom stereocenters. The van der Waals surface area contributed by atoms with Crippen LogP contribution in [0.4, 0.5) is 0 Å². The Morgan fingerprint density at radius 3 is 1.88 bits per heavy atom. The van der Waals surface area contributed by atoms with Crippen molar-refractivity contribution in [2.24, 2.45) is 0 Å². The van der Waals surface area contributed by atoms with Crippen LogP contribution in [-0.2, 0) is 4.79 Å². The Kier molecular flexibility index (Phi) is 2.93. The number of carboxylic acids is 1. The molecule has 0 bridgehead atoms. The van der Waals surface area contributed by atoms with Crippen molar-refractivity contribution in [2.45, 2.75) is 17.4 Å². The van der Waals surface area contributed by atoms with Gasteiger partial charge in [0, 0.05) is 0 Å². The SMILES string of the molecule is [CH3][Pb]([CH3])([CH3])[CH2]C(=O)O. The van der Waals surface area contributed by atoms with Crippen LogP contribution < -0.4 is 0 Å². The van der Waals surface area contributed by atoms with Crippen LogP contribution in [0.25, 0.3) is 0 Å². The summed E-state index contributed by atoms with van der Waals surface area (Å²) >= 11 is -2.07. The normalized spacial score (nSPS) is 11.4. The molecule has 0 spiro atoms. The number of carboxylic acid groups (broad SMARTS) is 1. The molecule has 0 radical (unpaired) electrons. The molecule has 0 aliphatic carbocycles. The third kappa shape index (κ3) is 6.39. The molecule has 0 rings (SSSR count). The first-order valence-corrected chi connectivity index (χ1v) is 17.0. The zero-order chi connectivity index (χ0) is 6.78. The average molecular weight is 311 g/mol. The number of aliphatic carboxylic acids is 1. The van der Waals surface area contributed by atoms with E-state index in [0.29, 0.717) is 3.98 Å². The summed E-state index contributed by atoms with van der Waals surface area (Å²) in [5.41, 5.74) is 0. The van der Waals surface area contributed by atoms with E-state index < -0.39 is 27.1 Å². The Hall–Kier alpha value is 0.392. The van der Waals surface area contributed by atoms with Crippen molar-refractivity contribution in [3.63, 3.8) is 0 Å². The first kappa shape index (κ1) is 8.39. The molecule has 0 saturated heterocycles. The van der Waals surface area contributed by atoms with Crippen LogP contribution in [0.1, 0.15) is 0 Å². The van der Waals surface area contributed by atoms with E-state index in [1.807, 2.05) is 0 Å². The number of hydrogen-bond acceptors (Lipinski definition) is 1. The van der Waals surface area contributed by atoms with Crippen molar-refractivity contribution >= 4 is 27.1 Å². The zero-order valence-electron chi connectivity index (χ0n) is 5.56. The Morgan fingerprint density at radius 2 is 1.88 bits per heavy atom. The number of carbonyl (C=O) groups is 1. The van der Waals surface area contributed by atoms with Crippen molar-refractivity contribution in [1.82, 2.24) is 0 Å². The van der Waals surface area contributed by atoms with E-state index in [9.17, 15) is 4.79 Å². The number of rotatable bonds is 2. The predicted molar refractivity (Wildman–Crippen MR) is 35.8 cm³/mol. The molecule has 2 nitrogen and oxygen atoms in total. The number of hydrogen-bond donors (Lipinski definition) is 1. The Labute approximate surface area is 54.6 Å². The van der Waals surface area contributed by atoms with Gasteiger partial charge in [-0.2, -0.15) is 0 Å². The van der Waals surface area contributed by atoms with E-state index in [0.717, 1.165) is 0 Å². The van der Waals surface area contributed by atoms with Gasteiger partial charge in [0.25, 0.3) is 0 Å². The molecule has 48 valence electrons. The van der Waals surface area contributed by atoms with E-state index in [1.54, 1.807) is 0 Å². The topological polar surface area (TPSA) is 37.3 Å². The fourth-order valence-electron chi connectivity index (χ4n) is 0.454. The van der Waals surface area contributed by atoms with E-state index in [2.05, 4.69) is 13.4 Å². The van der Waals surface area contributed by atoms with Crippen molar-refractivity contribution in [1.29, 1.82) is 0 Å². The first-order chi connectivity index (χ1) is 3.42. The Morgan fingerprint density at radius 1 is 1.50 bits per heavy atom. The molecule has 0 aromatic carbocycles. The summed E-state index contributed by atoms with van der Waals surface area (Å²) < 4.78 is 6.84. The maximum absolute atomic E-state index is 10.1. The van der Waals surface area contributed by atoms with Gasteiger partial charge >= 0.3 is 54.5 Å². The molecular formula is C5H12O2Pb. The summed E-state index contributed by atoms with van der Waals surface area (Å²) in [5.74, 6) is -0.626. The van der Waals surface area contributed by atoms with Crippen molar-refractivity contribution < 1.29 is 9.90 Å². The fraction of sp³-hybridized carbons (Fsp3) is 0.800. The van der Waals surface area contributed by atoms with Gasteiger partial charge in [0.1, 0.15) is 0 Å². The van der Waals surface area contributed by atoms with E-state index in [-0.39, 0.29) is 0 Å². The fourth-order valence-corrected chi connectivity index (χ4v) is 3.98. The second kappa shape index (κ2) is 2.80. The van der Waals surface area contributed by atoms with Crippen molar-refractivity contribution in [3.8, 4) is 0 Å². The maximum atomic E-state index is 10.1. The van der Waals surface area contributed by atoms with Crippen molar-refractivity contribution in [2.75, 3.05) is 0 Å². The summed E-state index contributed by atoms with van der Waals surface area (Å²) in [6.07, 6.45) is 0. The molecule has 3 heteroatoms. The van der Waals surface area contributed by atoms with Gasteiger partial charge in [-0.05, 0) is 0 Å². The minimum atomic E-state index is -2.07. The molecule has 0 aliphatic heterocycles. The van der Waals surface area contributed by atoms with Gasteiger partial charge in [-0.25, -0.2) is 0 Å². The van der Waals surface area contributed by atoms with Gasteiger partial charge in [-0.3, -0.25) is 0 Å². The second-order valence-electron chi connectivity index (χ2n) is 3.13. The summed E-state index contributed by atoms with van der Waals surface area (Å²) in [6.45, 7) is 0. The summed E-state index contributed by atoms with van der Waals surface area (Å²) in [7, 11) is 0.